The first-order chi connectivity index (χ1) is 13.9. The number of aryl methyl sites for hydroxylation is 1. The average Bonchev–Trinajstić information content (AvgIpc) is 3.13. The van der Waals surface area contributed by atoms with Crippen molar-refractivity contribution in [1.82, 2.24) is 14.5 Å². The third-order valence-corrected chi connectivity index (χ3v) is 5.70. The van der Waals surface area contributed by atoms with Crippen LogP contribution in [0.1, 0.15) is 44.9 Å². The standard InChI is InChI=1S/C23H30N4O2/c1-16-13-26(15-24-16)19-9-8-17(12-20(19)28-5)11-18-7-6-10-27-21(23(2,3)4)14-29-25-22(18)27/h8-9,11-13,15,21H,6-7,10,14H2,1-5H3/t21-/m1/s1. The van der Waals surface area contributed by atoms with Gasteiger partial charge in [0.25, 0.3) is 0 Å². The van der Waals surface area contributed by atoms with E-state index in [0.717, 1.165) is 47.9 Å². The highest BCUT2D eigenvalue weighted by atomic mass is 16.6. The number of oxime groups is 1. The van der Waals surface area contributed by atoms with Gasteiger partial charge in [-0.3, -0.25) is 0 Å². The second kappa shape index (κ2) is 7.58. The van der Waals surface area contributed by atoms with Gasteiger partial charge in [-0.25, -0.2) is 4.98 Å². The maximum absolute atomic E-state index is 5.66. The molecule has 3 heterocycles. The minimum absolute atomic E-state index is 0.136. The van der Waals surface area contributed by atoms with Gasteiger partial charge in [-0.2, -0.15) is 0 Å². The predicted molar refractivity (Wildman–Crippen MR) is 115 cm³/mol. The van der Waals surface area contributed by atoms with E-state index in [9.17, 15) is 0 Å². The van der Waals surface area contributed by atoms with E-state index in [-0.39, 0.29) is 5.41 Å². The summed E-state index contributed by atoms with van der Waals surface area (Å²) < 4.78 is 7.65. The van der Waals surface area contributed by atoms with Crippen LogP contribution in [0.25, 0.3) is 11.8 Å². The van der Waals surface area contributed by atoms with Crippen LogP contribution < -0.4 is 4.74 Å². The highest BCUT2D eigenvalue weighted by molar-refractivity contribution is 6.03. The lowest BCUT2D eigenvalue weighted by molar-refractivity contribution is 0.0123. The van der Waals surface area contributed by atoms with Gasteiger partial charge >= 0.3 is 0 Å². The summed E-state index contributed by atoms with van der Waals surface area (Å²) in [6.45, 7) is 10.5. The third-order valence-electron chi connectivity index (χ3n) is 5.70. The normalized spacial score (nSPS) is 20.9. The molecule has 6 heteroatoms. The molecule has 0 bridgehead atoms. The van der Waals surface area contributed by atoms with Crippen molar-refractivity contribution in [2.45, 2.75) is 46.6 Å². The largest absolute Gasteiger partial charge is 0.495 e. The first-order valence-electron chi connectivity index (χ1n) is 10.2. The minimum Gasteiger partial charge on any atom is -0.495 e. The Morgan fingerprint density at radius 3 is 2.79 bits per heavy atom. The topological polar surface area (TPSA) is 51.9 Å². The minimum atomic E-state index is 0.136. The molecule has 4 rings (SSSR count). The molecule has 1 saturated heterocycles. The number of methoxy groups -OCH3 is 1. The maximum Gasteiger partial charge on any atom is 0.171 e. The molecule has 0 aliphatic carbocycles. The Bertz CT molecular complexity index is 952. The number of ether oxygens (including phenoxy) is 1. The zero-order valence-electron chi connectivity index (χ0n) is 18.0. The number of imidazole rings is 1. The van der Waals surface area contributed by atoms with Gasteiger partial charge in [-0.1, -0.05) is 32.0 Å². The van der Waals surface area contributed by atoms with E-state index < -0.39 is 0 Å². The van der Waals surface area contributed by atoms with Crippen LogP contribution in [0.4, 0.5) is 0 Å². The lowest BCUT2D eigenvalue weighted by atomic mass is 9.84. The molecule has 2 aliphatic heterocycles. The fourth-order valence-electron chi connectivity index (χ4n) is 4.12. The lowest BCUT2D eigenvalue weighted by Gasteiger charge is -2.45. The fourth-order valence-corrected chi connectivity index (χ4v) is 4.12. The first-order valence-corrected chi connectivity index (χ1v) is 10.2. The van der Waals surface area contributed by atoms with Crippen LogP contribution in [0.2, 0.25) is 0 Å². The van der Waals surface area contributed by atoms with Gasteiger partial charge < -0.3 is 19.0 Å². The molecule has 0 spiro atoms. The van der Waals surface area contributed by atoms with E-state index >= 15 is 0 Å². The Balaban J connectivity index is 1.66. The number of piperidine rings is 1. The number of hydrogen-bond donors (Lipinski definition) is 0. The van der Waals surface area contributed by atoms with Crippen LogP contribution in [-0.2, 0) is 4.84 Å². The van der Waals surface area contributed by atoms with Gasteiger partial charge in [0.2, 0.25) is 0 Å². The van der Waals surface area contributed by atoms with Gasteiger partial charge in [-0.05, 0) is 54.5 Å². The molecule has 0 amide bonds. The molecule has 1 atom stereocenters. The molecule has 1 aromatic heterocycles. The second-order valence-electron chi connectivity index (χ2n) is 8.91. The zero-order chi connectivity index (χ0) is 20.6. The van der Waals surface area contributed by atoms with Gasteiger partial charge in [-0.15, -0.1) is 0 Å². The van der Waals surface area contributed by atoms with E-state index in [4.69, 9.17) is 9.57 Å². The summed E-state index contributed by atoms with van der Waals surface area (Å²) in [6, 6.07) is 6.59. The maximum atomic E-state index is 5.66. The van der Waals surface area contributed by atoms with E-state index in [1.807, 2.05) is 24.0 Å². The summed E-state index contributed by atoms with van der Waals surface area (Å²) in [5.41, 5.74) is 4.41. The summed E-state index contributed by atoms with van der Waals surface area (Å²) in [7, 11) is 1.70. The van der Waals surface area contributed by atoms with Crippen molar-refractivity contribution >= 4 is 11.9 Å². The van der Waals surface area contributed by atoms with E-state index in [1.165, 1.54) is 5.57 Å². The van der Waals surface area contributed by atoms with Gasteiger partial charge in [0.1, 0.15) is 12.4 Å². The average molecular weight is 395 g/mol. The molecular formula is C23H30N4O2. The number of rotatable bonds is 3. The van der Waals surface area contributed by atoms with Crippen molar-refractivity contribution < 1.29 is 9.57 Å². The first kappa shape index (κ1) is 19.6. The van der Waals surface area contributed by atoms with Crippen molar-refractivity contribution in [3.05, 3.63) is 47.6 Å². The highest BCUT2D eigenvalue weighted by Gasteiger charge is 2.38. The number of nitrogens with zero attached hydrogens (tertiary/aromatic N) is 4. The Labute approximate surface area is 172 Å². The van der Waals surface area contributed by atoms with Crippen LogP contribution in [0, 0.1) is 12.3 Å². The number of hydrogen-bond acceptors (Lipinski definition) is 5. The van der Waals surface area contributed by atoms with Crippen LogP contribution in [0.5, 0.6) is 5.75 Å². The molecule has 2 aliphatic rings. The van der Waals surface area contributed by atoms with Crippen molar-refractivity contribution in [3.8, 4) is 11.4 Å². The van der Waals surface area contributed by atoms with E-state index in [1.54, 1.807) is 7.11 Å². The Morgan fingerprint density at radius 1 is 1.28 bits per heavy atom. The van der Waals surface area contributed by atoms with Crippen molar-refractivity contribution in [3.63, 3.8) is 0 Å². The number of benzene rings is 1. The van der Waals surface area contributed by atoms with E-state index in [2.05, 4.69) is 60.1 Å². The Hall–Kier alpha value is -2.76. The van der Waals surface area contributed by atoms with Crippen LogP contribution in [-0.4, -0.2) is 46.6 Å². The van der Waals surface area contributed by atoms with Crippen LogP contribution in [0.15, 0.2) is 41.5 Å². The van der Waals surface area contributed by atoms with Crippen molar-refractivity contribution in [1.29, 1.82) is 0 Å². The molecule has 6 nitrogen and oxygen atoms in total. The Morgan fingerprint density at radius 2 is 2.10 bits per heavy atom. The Kier molecular flexibility index (Phi) is 5.11. The van der Waals surface area contributed by atoms with Gasteiger partial charge in [0.15, 0.2) is 5.84 Å². The summed E-state index contributed by atoms with van der Waals surface area (Å²) in [6.07, 6.45) is 8.15. The molecule has 29 heavy (non-hydrogen) atoms. The highest BCUT2D eigenvalue weighted by Crippen LogP contribution is 2.34. The molecular weight excluding hydrogens is 364 g/mol. The monoisotopic (exact) mass is 394 g/mol. The lowest BCUT2D eigenvalue weighted by Crippen LogP contribution is -2.54. The van der Waals surface area contributed by atoms with Crippen molar-refractivity contribution in [2.24, 2.45) is 10.6 Å². The van der Waals surface area contributed by atoms with Crippen LogP contribution in [0.3, 0.4) is 0 Å². The van der Waals surface area contributed by atoms with Crippen LogP contribution >= 0.6 is 0 Å². The van der Waals surface area contributed by atoms with Crippen molar-refractivity contribution in [2.75, 3.05) is 20.3 Å². The molecule has 0 radical (unpaired) electrons. The molecule has 154 valence electrons. The molecule has 0 N–H and O–H groups in total. The molecule has 1 aromatic carbocycles. The van der Waals surface area contributed by atoms with Gasteiger partial charge in [0, 0.05) is 12.7 Å². The second-order valence-corrected chi connectivity index (χ2v) is 8.91. The predicted octanol–water partition coefficient (Wildman–Crippen LogP) is 4.43. The summed E-state index contributed by atoms with van der Waals surface area (Å²) in [5.74, 6) is 1.80. The van der Waals surface area contributed by atoms with E-state index in [0.29, 0.717) is 12.6 Å². The summed E-state index contributed by atoms with van der Waals surface area (Å²) in [5, 5.41) is 4.43. The number of aromatic nitrogens is 2. The number of amidine groups is 1. The number of fused-ring (bicyclic) bond motifs is 1. The smallest absolute Gasteiger partial charge is 0.171 e. The quantitative estimate of drug-likeness (QED) is 0.773. The molecule has 0 unspecified atom stereocenters. The van der Waals surface area contributed by atoms with Gasteiger partial charge in [0.05, 0.1) is 30.9 Å². The SMILES string of the molecule is COc1cc(C=C2CCCN3C2=NOC[C@@H]3C(C)(C)C)ccc1-n1cnc(C)c1. The molecule has 1 fully saturated rings. The fraction of sp³-hybridized carbons (Fsp3) is 0.478. The third kappa shape index (κ3) is 3.88. The molecule has 2 aromatic rings. The summed E-state index contributed by atoms with van der Waals surface area (Å²) in [4.78, 5) is 12.4. The summed E-state index contributed by atoms with van der Waals surface area (Å²) >= 11 is 0. The zero-order valence-corrected chi connectivity index (χ0v) is 18.0. The molecule has 0 saturated carbocycles.